The van der Waals surface area contributed by atoms with E-state index in [0.717, 1.165) is 35.5 Å². The molecule has 1 aromatic carbocycles. The minimum absolute atomic E-state index is 0.124. The van der Waals surface area contributed by atoms with Crippen LogP contribution in [0.3, 0.4) is 0 Å². The molecular weight excluding hydrogens is 260 g/mol. The lowest BCUT2D eigenvalue weighted by Crippen LogP contribution is -2.42. The maximum atomic E-state index is 12.6. The molecule has 0 heterocycles. The summed E-state index contributed by atoms with van der Waals surface area (Å²) in [4.78, 5) is 12.6. The molecular formula is C18H26N2O. The molecule has 2 aliphatic rings. The fraction of sp³-hybridized carbons (Fsp3) is 0.611. The number of nitrogens with one attached hydrogen (secondary N) is 1. The lowest BCUT2D eigenvalue weighted by atomic mass is 9.83. The lowest BCUT2D eigenvalue weighted by Gasteiger charge is -2.26. The Kier molecular flexibility index (Phi) is 3.68. The standard InChI is InChI=1S/C18H26N2O/c1-18(2,14-7-9-15(19)10-8-14)17(21)20-11-16(12-3-4-12)13-5-6-13/h7-10,12-13,16H,3-6,11,19H2,1-2H3,(H,20,21). The number of anilines is 1. The Balaban J connectivity index is 1.61. The van der Waals surface area contributed by atoms with E-state index in [2.05, 4.69) is 5.32 Å². The minimum Gasteiger partial charge on any atom is -0.399 e. The number of nitrogen functional groups attached to an aromatic ring is 1. The first kappa shape index (κ1) is 14.4. The van der Waals surface area contributed by atoms with E-state index in [1.165, 1.54) is 25.7 Å². The Hall–Kier alpha value is -1.51. The highest BCUT2D eigenvalue weighted by Crippen LogP contribution is 2.48. The van der Waals surface area contributed by atoms with Crippen molar-refractivity contribution in [1.29, 1.82) is 0 Å². The summed E-state index contributed by atoms with van der Waals surface area (Å²) < 4.78 is 0. The summed E-state index contributed by atoms with van der Waals surface area (Å²) >= 11 is 0. The quantitative estimate of drug-likeness (QED) is 0.790. The first-order valence-electron chi connectivity index (χ1n) is 8.13. The molecule has 0 bridgehead atoms. The SMILES string of the molecule is CC(C)(C(=O)NCC(C1CC1)C1CC1)c1ccc(N)cc1. The average Bonchev–Trinajstić information content (AvgIpc) is 3.33. The molecule has 2 saturated carbocycles. The van der Waals surface area contributed by atoms with Crippen molar-refractivity contribution in [2.75, 3.05) is 12.3 Å². The molecule has 114 valence electrons. The summed E-state index contributed by atoms with van der Waals surface area (Å²) in [6.45, 7) is 4.82. The summed E-state index contributed by atoms with van der Waals surface area (Å²) in [5, 5.41) is 3.21. The molecule has 1 amide bonds. The van der Waals surface area contributed by atoms with Crippen LogP contribution < -0.4 is 11.1 Å². The number of nitrogens with two attached hydrogens (primary N) is 1. The highest BCUT2D eigenvalue weighted by Gasteiger charge is 2.42. The number of benzene rings is 1. The van der Waals surface area contributed by atoms with Gasteiger partial charge in [-0.1, -0.05) is 12.1 Å². The van der Waals surface area contributed by atoms with E-state index < -0.39 is 5.41 Å². The first-order chi connectivity index (χ1) is 9.98. The zero-order chi connectivity index (χ0) is 15.0. The third kappa shape index (κ3) is 3.22. The van der Waals surface area contributed by atoms with Gasteiger partial charge < -0.3 is 11.1 Å². The van der Waals surface area contributed by atoms with Gasteiger partial charge in [0.2, 0.25) is 5.91 Å². The van der Waals surface area contributed by atoms with Crippen molar-refractivity contribution in [3.63, 3.8) is 0 Å². The average molecular weight is 286 g/mol. The molecule has 3 N–H and O–H groups in total. The van der Waals surface area contributed by atoms with Gasteiger partial charge in [-0.05, 0) is 75.0 Å². The van der Waals surface area contributed by atoms with Gasteiger partial charge in [0.1, 0.15) is 0 Å². The number of carbonyl (C=O) groups is 1. The second-order valence-corrected chi connectivity index (χ2v) is 7.30. The van der Waals surface area contributed by atoms with Gasteiger partial charge >= 0.3 is 0 Å². The molecule has 0 aliphatic heterocycles. The van der Waals surface area contributed by atoms with Gasteiger partial charge in [0.15, 0.2) is 0 Å². The molecule has 3 nitrogen and oxygen atoms in total. The Bertz CT molecular complexity index is 501. The number of carbonyl (C=O) groups excluding carboxylic acids is 1. The number of hydrogen-bond acceptors (Lipinski definition) is 2. The van der Waals surface area contributed by atoms with E-state index >= 15 is 0 Å². The van der Waals surface area contributed by atoms with E-state index in [1.807, 2.05) is 38.1 Å². The first-order valence-corrected chi connectivity index (χ1v) is 8.13. The van der Waals surface area contributed by atoms with Crippen LogP contribution in [0.2, 0.25) is 0 Å². The number of amides is 1. The monoisotopic (exact) mass is 286 g/mol. The van der Waals surface area contributed by atoms with E-state index in [-0.39, 0.29) is 5.91 Å². The van der Waals surface area contributed by atoms with Crippen molar-refractivity contribution in [3.8, 4) is 0 Å². The van der Waals surface area contributed by atoms with Crippen LogP contribution in [0.5, 0.6) is 0 Å². The highest BCUT2D eigenvalue weighted by atomic mass is 16.2. The van der Waals surface area contributed by atoms with E-state index in [0.29, 0.717) is 0 Å². The molecule has 2 fully saturated rings. The zero-order valence-electron chi connectivity index (χ0n) is 13.1. The fourth-order valence-electron chi connectivity index (χ4n) is 3.23. The van der Waals surface area contributed by atoms with E-state index in [1.54, 1.807) is 0 Å². The second kappa shape index (κ2) is 5.36. The van der Waals surface area contributed by atoms with Crippen molar-refractivity contribution in [2.24, 2.45) is 17.8 Å². The third-order valence-corrected chi connectivity index (χ3v) is 5.15. The largest absolute Gasteiger partial charge is 0.399 e. The van der Waals surface area contributed by atoms with Crippen LogP contribution in [0.25, 0.3) is 0 Å². The Morgan fingerprint density at radius 3 is 2.19 bits per heavy atom. The van der Waals surface area contributed by atoms with Gasteiger partial charge in [-0.25, -0.2) is 0 Å². The summed E-state index contributed by atoms with van der Waals surface area (Å²) in [6, 6.07) is 7.63. The van der Waals surface area contributed by atoms with Crippen molar-refractivity contribution < 1.29 is 4.79 Å². The molecule has 21 heavy (non-hydrogen) atoms. The van der Waals surface area contributed by atoms with Crippen molar-refractivity contribution in [3.05, 3.63) is 29.8 Å². The summed E-state index contributed by atoms with van der Waals surface area (Å²) in [6.07, 6.45) is 5.44. The predicted molar refractivity (Wildman–Crippen MR) is 85.8 cm³/mol. The number of hydrogen-bond donors (Lipinski definition) is 2. The fourth-order valence-corrected chi connectivity index (χ4v) is 3.23. The van der Waals surface area contributed by atoms with Gasteiger partial charge in [0.25, 0.3) is 0 Å². The van der Waals surface area contributed by atoms with Crippen LogP contribution >= 0.6 is 0 Å². The van der Waals surface area contributed by atoms with E-state index in [9.17, 15) is 4.79 Å². The van der Waals surface area contributed by atoms with Crippen LogP contribution in [-0.2, 0) is 10.2 Å². The Morgan fingerprint density at radius 2 is 1.71 bits per heavy atom. The third-order valence-electron chi connectivity index (χ3n) is 5.15. The van der Waals surface area contributed by atoms with Gasteiger partial charge in [0.05, 0.1) is 5.41 Å². The molecule has 0 radical (unpaired) electrons. The molecule has 0 atom stereocenters. The summed E-state index contributed by atoms with van der Waals surface area (Å²) in [5.41, 5.74) is 6.97. The van der Waals surface area contributed by atoms with Gasteiger partial charge in [-0.2, -0.15) is 0 Å². The van der Waals surface area contributed by atoms with Crippen molar-refractivity contribution >= 4 is 11.6 Å². The predicted octanol–water partition coefficient (Wildman–Crippen LogP) is 3.10. The molecule has 0 unspecified atom stereocenters. The van der Waals surface area contributed by atoms with Gasteiger partial charge in [-0.3, -0.25) is 4.79 Å². The molecule has 3 rings (SSSR count). The smallest absolute Gasteiger partial charge is 0.230 e. The van der Waals surface area contributed by atoms with Gasteiger partial charge in [0, 0.05) is 12.2 Å². The normalized spacial score (nSPS) is 18.8. The maximum Gasteiger partial charge on any atom is 0.230 e. The molecule has 2 aliphatic carbocycles. The maximum absolute atomic E-state index is 12.6. The van der Waals surface area contributed by atoms with E-state index in [4.69, 9.17) is 5.73 Å². The molecule has 0 saturated heterocycles. The highest BCUT2D eigenvalue weighted by molar-refractivity contribution is 5.87. The minimum atomic E-state index is -0.509. The topological polar surface area (TPSA) is 55.1 Å². The van der Waals surface area contributed by atoms with Crippen LogP contribution in [0.15, 0.2) is 24.3 Å². The molecule has 1 aromatic rings. The lowest BCUT2D eigenvalue weighted by molar-refractivity contribution is -0.125. The van der Waals surface area contributed by atoms with Crippen molar-refractivity contribution in [2.45, 2.75) is 44.9 Å². The summed E-state index contributed by atoms with van der Waals surface area (Å²) in [5.74, 6) is 2.59. The van der Waals surface area contributed by atoms with Crippen molar-refractivity contribution in [1.82, 2.24) is 5.32 Å². The van der Waals surface area contributed by atoms with Crippen LogP contribution in [0, 0.1) is 17.8 Å². The Labute approximate surface area is 127 Å². The number of rotatable bonds is 6. The van der Waals surface area contributed by atoms with Crippen LogP contribution in [0.4, 0.5) is 5.69 Å². The Morgan fingerprint density at radius 1 is 1.19 bits per heavy atom. The summed E-state index contributed by atoms with van der Waals surface area (Å²) in [7, 11) is 0. The zero-order valence-corrected chi connectivity index (χ0v) is 13.1. The van der Waals surface area contributed by atoms with Gasteiger partial charge in [-0.15, -0.1) is 0 Å². The van der Waals surface area contributed by atoms with Crippen LogP contribution in [-0.4, -0.2) is 12.5 Å². The van der Waals surface area contributed by atoms with Crippen LogP contribution in [0.1, 0.15) is 45.1 Å². The molecule has 3 heteroatoms. The molecule has 0 aromatic heterocycles. The molecule has 0 spiro atoms. The second-order valence-electron chi connectivity index (χ2n) is 7.30.